The second kappa shape index (κ2) is 6.53. The van der Waals surface area contributed by atoms with Crippen molar-refractivity contribution in [3.8, 4) is 0 Å². The highest BCUT2D eigenvalue weighted by molar-refractivity contribution is 6.18. The van der Waals surface area contributed by atoms with Crippen molar-refractivity contribution in [2.75, 3.05) is 19.0 Å². The molecule has 0 bridgehead atoms. The molecule has 0 aliphatic heterocycles. The molecule has 100 valence electrons. The molecular formula is C12H20ClF2NO. The third-order valence-corrected chi connectivity index (χ3v) is 3.86. The van der Waals surface area contributed by atoms with Gasteiger partial charge in [0.05, 0.1) is 6.54 Å². The predicted octanol–water partition coefficient (Wildman–Crippen LogP) is 3.29. The fourth-order valence-electron chi connectivity index (χ4n) is 2.65. The van der Waals surface area contributed by atoms with Gasteiger partial charge in [-0.3, -0.25) is 4.79 Å². The number of amides is 1. The van der Waals surface area contributed by atoms with Crippen molar-refractivity contribution in [3.63, 3.8) is 0 Å². The third-order valence-electron chi connectivity index (χ3n) is 3.69. The van der Waals surface area contributed by atoms with Gasteiger partial charge in [0, 0.05) is 17.8 Å². The molecule has 0 aromatic carbocycles. The molecule has 0 N–H and O–H groups in total. The van der Waals surface area contributed by atoms with Gasteiger partial charge in [-0.1, -0.05) is 19.8 Å². The third kappa shape index (κ3) is 3.54. The summed E-state index contributed by atoms with van der Waals surface area (Å²) in [5.74, 6) is 0.0802. The van der Waals surface area contributed by atoms with E-state index in [2.05, 4.69) is 0 Å². The number of carbonyl (C=O) groups excluding carboxylic acids is 1. The summed E-state index contributed by atoms with van der Waals surface area (Å²) in [5.41, 5.74) is -0.402. The minimum absolute atomic E-state index is 0.126. The molecule has 1 aliphatic rings. The molecule has 1 saturated carbocycles. The Balaban J connectivity index is 2.74. The van der Waals surface area contributed by atoms with Crippen molar-refractivity contribution in [2.24, 2.45) is 5.41 Å². The van der Waals surface area contributed by atoms with Crippen LogP contribution < -0.4 is 0 Å². The highest BCUT2D eigenvalue weighted by Crippen LogP contribution is 2.42. The Bertz CT molecular complexity index is 255. The van der Waals surface area contributed by atoms with E-state index in [0.717, 1.165) is 32.1 Å². The van der Waals surface area contributed by atoms with Gasteiger partial charge in [-0.2, -0.15) is 0 Å². The highest BCUT2D eigenvalue weighted by atomic mass is 35.5. The van der Waals surface area contributed by atoms with E-state index in [1.54, 1.807) is 0 Å². The molecule has 0 unspecified atom stereocenters. The maximum atomic E-state index is 12.4. The summed E-state index contributed by atoms with van der Waals surface area (Å²) in [6, 6.07) is 0. The van der Waals surface area contributed by atoms with Crippen molar-refractivity contribution in [1.82, 2.24) is 4.90 Å². The van der Waals surface area contributed by atoms with Gasteiger partial charge in [0.1, 0.15) is 0 Å². The van der Waals surface area contributed by atoms with Crippen LogP contribution in [0.3, 0.4) is 0 Å². The maximum absolute atomic E-state index is 12.4. The van der Waals surface area contributed by atoms with E-state index in [4.69, 9.17) is 11.6 Å². The van der Waals surface area contributed by atoms with Crippen LogP contribution in [0, 0.1) is 5.41 Å². The molecule has 17 heavy (non-hydrogen) atoms. The topological polar surface area (TPSA) is 20.3 Å². The van der Waals surface area contributed by atoms with Crippen LogP contribution in [-0.2, 0) is 4.79 Å². The summed E-state index contributed by atoms with van der Waals surface area (Å²) in [4.78, 5) is 13.6. The predicted molar refractivity (Wildman–Crippen MR) is 64.5 cm³/mol. The number of rotatable bonds is 6. The van der Waals surface area contributed by atoms with Crippen LogP contribution >= 0.6 is 11.6 Å². The van der Waals surface area contributed by atoms with Crippen LogP contribution in [0.25, 0.3) is 0 Å². The van der Waals surface area contributed by atoms with Gasteiger partial charge < -0.3 is 4.90 Å². The number of hydrogen-bond donors (Lipinski definition) is 0. The van der Waals surface area contributed by atoms with E-state index < -0.39 is 18.4 Å². The Morgan fingerprint density at radius 2 is 2.00 bits per heavy atom. The molecule has 0 radical (unpaired) electrons. The molecule has 0 aromatic heterocycles. The summed E-state index contributed by atoms with van der Waals surface area (Å²) < 4.78 is 24.9. The number of alkyl halides is 3. The minimum Gasteiger partial charge on any atom is -0.335 e. The van der Waals surface area contributed by atoms with Gasteiger partial charge in [-0.25, -0.2) is 8.78 Å². The smallest absolute Gasteiger partial charge is 0.255 e. The van der Waals surface area contributed by atoms with E-state index >= 15 is 0 Å². The van der Waals surface area contributed by atoms with E-state index in [9.17, 15) is 13.6 Å². The second-order valence-electron chi connectivity index (χ2n) is 4.67. The molecule has 0 saturated heterocycles. The van der Waals surface area contributed by atoms with Gasteiger partial charge >= 0.3 is 0 Å². The Kier molecular flexibility index (Phi) is 5.63. The van der Waals surface area contributed by atoms with Crippen LogP contribution in [-0.4, -0.2) is 36.2 Å². The lowest BCUT2D eigenvalue weighted by molar-refractivity contribution is -0.143. The number of halogens is 3. The molecule has 0 aromatic rings. The first-order chi connectivity index (χ1) is 8.05. The zero-order chi connectivity index (χ0) is 12.9. The van der Waals surface area contributed by atoms with Crippen molar-refractivity contribution in [1.29, 1.82) is 0 Å². The van der Waals surface area contributed by atoms with Gasteiger partial charge in [-0.15, -0.1) is 11.6 Å². The molecule has 0 atom stereocenters. The molecule has 1 rings (SSSR count). The van der Waals surface area contributed by atoms with Crippen molar-refractivity contribution in [2.45, 2.75) is 45.5 Å². The van der Waals surface area contributed by atoms with E-state index in [0.29, 0.717) is 0 Å². The summed E-state index contributed by atoms with van der Waals surface area (Å²) in [6.45, 7) is 1.68. The largest absolute Gasteiger partial charge is 0.335 e. The lowest BCUT2D eigenvalue weighted by Gasteiger charge is -2.33. The molecular weight excluding hydrogens is 248 g/mol. The standard InChI is InChI=1S/C12H20ClF2NO/c1-2-12(5-3-4-6-12)11(17)16(8-7-13)9-10(14)15/h10H,2-9H2,1H3. The van der Waals surface area contributed by atoms with Gasteiger partial charge in [0.15, 0.2) is 0 Å². The van der Waals surface area contributed by atoms with Crippen molar-refractivity contribution in [3.05, 3.63) is 0 Å². The normalized spacial score (nSPS) is 18.6. The van der Waals surface area contributed by atoms with Crippen LogP contribution in [0.15, 0.2) is 0 Å². The maximum Gasteiger partial charge on any atom is 0.255 e. The monoisotopic (exact) mass is 267 g/mol. The first-order valence-electron chi connectivity index (χ1n) is 6.19. The van der Waals surface area contributed by atoms with Gasteiger partial charge in [0.2, 0.25) is 5.91 Å². The summed E-state index contributed by atoms with van der Waals surface area (Å²) in [5, 5.41) is 0. The molecule has 1 fully saturated rings. The van der Waals surface area contributed by atoms with Crippen LogP contribution in [0.2, 0.25) is 0 Å². The summed E-state index contributed by atoms with van der Waals surface area (Å²) >= 11 is 5.58. The summed E-state index contributed by atoms with van der Waals surface area (Å²) in [6.07, 6.45) is 1.92. The molecule has 0 heterocycles. The second-order valence-corrected chi connectivity index (χ2v) is 5.05. The van der Waals surface area contributed by atoms with Gasteiger partial charge in [-0.05, 0) is 19.3 Å². The fourth-order valence-corrected chi connectivity index (χ4v) is 2.85. The van der Waals surface area contributed by atoms with E-state index in [-0.39, 0.29) is 18.3 Å². The van der Waals surface area contributed by atoms with Crippen molar-refractivity contribution >= 4 is 17.5 Å². The van der Waals surface area contributed by atoms with Crippen LogP contribution in [0.1, 0.15) is 39.0 Å². The van der Waals surface area contributed by atoms with Crippen LogP contribution in [0.5, 0.6) is 0 Å². The highest BCUT2D eigenvalue weighted by Gasteiger charge is 2.42. The lowest BCUT2D eigenvalue weighted by atomic mass is 9.82. The Morgan fingerprint density at radius 1 is 1.41 bits per heavy atom. The van der Waals surface area contributed by atoms with E-state index in [1.807, 2.05) is 6.92 Å². The Labute approximate surface area is 106 Å². The summed E-state index contributed by atoms with van der Waals surface area (Å²) in [7, 11) is 0. The van der Waals surface area contributed by atoms with Crippen LogP contribution in [0.4, 0.5) is 8.78 Å². The number of nitrogens with zero attached hydrogens (tertiary/aromatic N) is 1. The number of hydrogen-bond acceptors (Lipinski definition) is 1. The quantitative estimate of drug-likeness (QED) is 0.676. The lowest BCUT2D eigenvalue weighted by Crippen LogP contribution is -2.45. The molecule has 5 heteroatoms. The van der Waals surface area contributed by atoms with Crippen molar-refractivity contribution < 1.29 is 13.6 Å². The zero-order valence-corrected chi connectivity index (χ0v) is 11.0. The molecule has 2 nitrogen and oxygen atoms in total. The Hall–Kier alpha value is -0.380. The average molecular weight is 268 g/mol. The van der Waals surface area contributed by atoms with Gasteiger partial charge in [0.25, 0.3) is 6.43 Å². The SMILES string of the molecule is CCC1(C(=O)N(CCCl)CC(F)F)CCCC1. The Morgan fingerprint density at radius 3 is 2.41 bits per heavy atom. The first-order valence-corrected chi connectivity index (χ1v) is 6.72. The molecule has 1 aliphatic carbocycles. The molecule has 1 amide bonds. The molecule has 0 spiro atoms. The zero-order valence-electron chi connectivity index (χ0n) is 10.2. The first kappa shape index (κ1) is 14.7. The average Bonchev–Trinajstić information content (AvgIpc) is 2.76. The van der Waals surface area contributed by atoms with E-state index in [1.165, 1.54) is 4.90 Å². The fraction of sp³-hybridized carbons (Fsp3) is 0.917. The number of carbonyl (C=O) groups is 1. The minimum atomic E-state index is -2.49.